The Kier molecular flexibility index (Phi) is 2.17. The second-order valence-corrected chi connectivity index (χ2v) is 4.34. The molecule has 14 heavy (non-hydrogen) atoms. The third-order valence-electron chi connectivity index (χ3n) is 1.91. The molecule has 0 saturated heterocycles. The fourth-order valence-electron chi connectivity index (χ4n) is 1.23. The van der Waals surface area contributed by atoms with Crippen molar-refractivity contribution in [3.05, 3.63) is 24.3 Å². The predicted octanol–water partition coefficient (Wildman–Crippen LogP) is 0.963. The molecule has 1 aliphatic rings. The number of nitrogens with zero attached hydrogens (tertiary/aromatic N) is 1. The molecule has 2 unspecified atom stereocenters. The zero-order valence-corrected chi connectivity index (χ0v) is 7.90. The lowest BCUT2D eigenvalue weighted by atomic mass is 10.3. The van der Waals surface area contributed by atoms with Gasteiger partial charge in [-0.05, 0) is 12.1 Å². The molecule has 0 spiro atoms. The van der Waals surface area contributed by atoms with E-state index in [0.29, 0.717) is 10.6 Å². The number of carbonyl (C=O) groups is 1. The molecule has 1 N–H and O–H groups in total. The quantitative estimate of drug-likeness (QED) is 0.749. The molecule has 72 valence electrons. The summed E-state index contributed by atoms with van der Waals surface area (Å²) in [7, 11) is -1.53. The smallest absolute Gasteiger partial charge is 0.325 e. The van der Waals surface area contributed by atoms with E-state index >= 15 is 0 Å². The van der Waals surface area contributed by atoms with Crippen molar-refractivity contribution >= 4 is 28.7 Å². The molecule has 0 amide bonds. The lowest BCUT2D eigenvalue weighted by Crippen LogP contribution is -2.29. The van der Waals surface area contributed by atoms with Crippen LogP contribution in [-0.2, 0) is 15.6 Å². The summed E-state index contributed by atoms with van der Waals surface area (Å²) in [6.07, 6.45) is 1.22. The van der Waals surface area contributed by atoms with E-state index in [0.717, 1.165) is 0 Å². The van der Waals surface area contributed by atoms with Gasteiger partial charge < -0.3 is 5.11 Å². The lowest BCUT2D eigenvalue weighted by Gasteiger charge is -2.13. The van der Waals surface area contributed by atoms with Gasteiger partial charge in [0.05, 0.1) is 21.4 Å². The maximum Gasteiger partial charge on any atom is 0.325 e. The van der Waals surface area contributed by atoms with Crippen LogP contribution in [0, 0.1) is 0 Å². The van der Waals surface area contributed by atoms with E-state index in [9.17, 15) is 9.00 Å². The van der Waals surface area contributed by atoms with Gasteiger partial charge in [-0.25, -0.2) is 0 Å². The molecule has 1 aliphatic heterocycles. The van der Waals surface area contributed by atoms with Crippen LogP contribution in [-0.4, -0.2) is 26.7 Å². The predicted molar refractivity (Wildman–Crippen MR) is 52.4 cm³/mol. The van der Waals surface area contributed by atoms with Gasteiger partial charge in [0, 0.05) is 6.21 Å². The highest BCUT2D eigenvalue weighted by Crippen LogP contribution is 2.27. The second-order valence-electron chi connectivity index (χ2n) is 2.80. The van der Waals surface area contributed by atoms with Gasteiger partial charge in [-0.15, -0.1) is 0 Å². The Balaban J connectivity index is 2.50. The van der Waals surface area contributed by atoms with E-state index in [1.807, 2.05) is 0 Å². The van der Waals surface area contributed by atoms with Crippen LogP contribution in [0.5, 0.6) is 0 Å². The van der Waals surface area contributed by atoms with Gasteiger partial charge in [0.1, 0.15) is 0 Å². The Bertz CT molecular complexity index is 441. The second kappa shape index (κ2) is 3.34. The number of fused-ring (bicyclic) bond motifs is 1. The molecular weight excluding hydrogens is 202 g/mol. The molecule has 2 rings (SSSR count). The molecule has 0 bridgehead atoms. The largest absolute Gasteiger partial charge is 0.480 e. The summed E-state index contributed by atoms with van der Waals surface area (Å²) in [6, 6.07) is 6.84. The Labute approximate surface area is 82.7 Å². The summed E-state index contributed by atoms with van der Waals surface area (Å²) in [5, 5.41) is 7.73. The van der Waals surface area contributed by atoms with Gasteiger partial charge >= 0.3 is 5.97 Å². The molecule has 2 atom stereocenters. The maximum atomic E-state index is 11.7. The number of benzene rings is 1. The van der Waals surface area contributed by atoms with E-state index in [-0.39, 0.29) is 0 Å². The highest BCUT2D eigenvalue weighted by Gasteiger charge is 2.28. The van der Waals surface area contributed by atoms with Crippen LogP contribution in [0.2, 0.25) is 0 Å². The van der Waals surface area contributed by atoms with E-state index < -0.39 is 22.0 Å². The molecule has 0 aliphatic carbocycles. The number of rotatable bonds is 1. The van der Waals surface area contributed by atoms with Crippen molar-refractivity contribution in [1.29, 1.82) is 0 Å². The first kappa shape index (κ1) is 9.08. The van der Waals surface area contributed by atoms with Crippen LogP contribution >= 0.6 is 0 Å². The zero-order valence-electron chi connectivity index (χ0n) is 7.08. The summed E-state index contributed by atoms with van der Waals surface area (Å²) in [4.78, 5) is 15.1. The number of carboxylic acid groups (broad SMARTS) is 1. The average molecular weight is 209 g/mol. The van der Waals surface area contributed by atoms with Crippen molar-refractivity contribution in [2.45, 2.75) is 10.1 Å². The van der Waals surface area contributed by atoms with Gasteiger partial charge in [0.15, 0.2) is 5.25 Å². The molecular formula is C9H7NO3S. The van der Waals surface area contributed by atoms with Crippen LogP contribution in [0.1, 0.15) is 0 Å². The van der Waals surface area contributed by atoms with Crippen molar-refractivity contribution in [1.82, 2.24) is 0 Å². The molecule has 4 nitrogen and oxygen atoms in total. The maximum absolute atomic E-state index is 11.7. The fraction of sp³-hybridized carbons (Fsp3) is 0.111. The summed E-state index contributed by atoms with van der Waals surface area (Å²) >= 11 is 0. The van der Waals surface area contributed by atoms with Gasteiger partial charge in [-0.1, -0.05) is 12.1 Å². The summed E-state index contributed by atoms with van der Waals surface area (Å²) in [6.45, 7) is 0. The summed E-state index contributed by atoms with van der Waals surface area (Å²) in [5.74, 6) is -1.11. The van der Waals surface area contributed by atoms with Crippen molar-refractivity contribution in [3.63, 3.8) is 0 Å². The van der Waals surface area contributed by atoms with Crippen LogP contribution in [0.3, 0.4) is 0 Å². The SMILES string of the molecule is O=C(O)C1C=Nc2ccccc2S1=O. The first-order valence-electron chi connectivity index (χ1n) is 3.97. The molecule has 0 saturated carbocycles. The van der Waals surface area contributed by atoms with Crippen molar-refractivity contribution in [2.75, 3.05) is 0 Å². The van der Waals surface area contributed by atoms with E-state index in [1.165, 1.54) is 6.21 Å². The minimum absolute atomic E-state index is 0.488. The third-order valence-corrected chi connectivity index (χ3v) is 3.47. The first-order valence-corrected chi connectivity index (χ1v) is 5.18. The number of aliphatic carboxylic acids is 1. The van der Waals surface area contributed by atoms with Crippen LogP contribution < -0.4 is 0 Å². The summed E-state index contributed by atoms with van der Waals surface area (Å²) < 4.78 is 11.7. The summed E-state index contributed by atoms with van der Waals surface area (Å²) in [5.41, 5.74) is 0.586. The van der Waals surface area contributed by atoms with Crippen LogP contribution in [0.25, 0.3) is 0 Å². The Hall–Kier alpha value is -1.49. The average Bonchev–Trinajstić information content (AvgIpc) is 2.18. The minimum Gasteiger partial charge on any atom is -0.480 e. The zero-order chi connectivity index (χ0) is 10.1. The molecule has 1 aromatic carbocycles. The van der Waals surface area contributed by atoms with Gasteiger partial charge in [-0.3, -0.25) is 14.0 Å². The van der Waals surface area contributed by atoms with Gasteiger partial charge in [0.2, 0.25) is 0 Å². The van der Waals surface area contributed by atoms with Crippen molar-refractivity contribution in [2.24, 2.45) is 4.99 Å². The van der Waals surface area contributed by atoms with Gasteiger partial charge in [0.25, 0.3) is 0 Å². The molecule has 5 heteroatoms. The number of hydrogen-bond donors (Lipinski definition) is 1. The monoisotopic (exact) mass is 209 g/mol. The Morgan fingerprint density at radius 3 is 2.86 bits per heavy atom. The molecule has 0 aromatic heterocycles. The number of hydrogen-bond acceptors (Lipinski definition) is 3. The van der Waals surface area contributed by atoms with Crippen molar-refractivity contribution < 1.29 is 14.1 Å². The van der Waals surface area contributed by atoms with Gasteiger partial charge in [-0.2, -0.15) is 0 Å². The molecule has 0 radical (unpaired) electrons. The molecule has 1 aromatic rings. The molecule has 1 heterocycles. The number of carboxylic acids is 1. The highest BCUT2D eigenvalue weighted by atomic mass is 32.2. The minimum atomic E-state index is -1.53. The fourth-order valence-corrected chi connectivity index (χ4v) is 2.40. The van der Waals surface area contributed by atoms with E-state index in [1.54, 1.807) is 24.3 Å². The third kappa shape index (κ3) is 1.35. The Morgan fingerprint density at radius 2 is 2.14 bits per heavy atom. The van der Waals surface area contributed by atoms with Crippen LogP contribution in [0.15, 0.2) is 34.2 Å². The van der Waals surface area contributed by atoms with Crippen molar-refractivity contribution in [3.8, 4) is 0 Å². The first-order chi connectivity index (χ1) is 6.70. The topological polar surface area (TPSA) is 66.7 Å². The lowest BCUT2D eigenvalue weighted by molar-refractivity contribution is -0.135. The normalized spacial score (nSPS) is 24.3. The Morgan fingerprint density at radius 1 is 1.43 bits per heavy atom. The van der Waals surface area contributed by atoms with E-state index in [2.05, 4.69) is 4.99 Å². The van der Waals surface area contributed by atoms with Crippen LogP contribution in [0.4, 0.5) is 5.69 Å². The van der Waals surface area contributed by atoms with E-state index in [4.69, 9.17) is 5.11 Å². The standard InChI is InChI=1S/C9H7NO3S/c11-9(12)8-5-10-6-3-1-2-4-7(6)14(8)13/h1-5,8H,(H,11,12). The molecule has 0 fully saturated rings. The number of aliphatic imine (C=N–C) groups is 1. The highest BCUT2D eigenvalue weighted by molar-refractivity contribution is 7.87. The number of para-hydroxylation sites is 1.